The number of carbonyl (C=O) groups excluding carboxylic acids is 1. The second-order valence-electron chi connectivity index (χ2n) is 7.08. The highest BCUT2D eigenvalue weighted by molar-refractivity contribution is 6.10. The summed E-state index contributed by atoms with van der Waals surface area (Å²) in [6.07, 6.45) is 3.73. The van der Waals surface area contributed by atoms with Crippen molar-refractivity contribution in [2.24, 2.45) is 7.05 Å². The molecule has 1 N–H and O–H groups in total. The fraction of sp³-hybridized carbons (Fsp3) is 0.174. The van der Waals surface area contributed by atoms with Crippen molar-refractivity contribution in [3.8, 4) is 17.0 Å². The Hall–Kier alpha value is -3.67. The van der Waals surface area contributed by atoms with E-state index in [1.807, 2.05) is 57.4 Å². The highest BCUT2D eigenvalue weighted by atomic mass is 16.5. The van der Waals surface area contributed by atoms with Gasteiger partial charge in [-0.25, -0.2) is 0 Å². The number of fused-ring (bicyclic) bond motifs is 1. The molecule has 2 aromatic carbocycles. The summed E-state index contributed by atoms with van der Waals surface area (Å²) >= 11 is 0. The third-order valence-corrected chi connectivity index (χ3v) is 4.50. The van der Waals surface area contributed by atoms with E-state index < -0.39 is 0 Å². The molecule has 0 fully saturated rings. The molecule has 0 spiro atoms. The van der Waals surface area contributed by atoms with E-state index in [-0.39, 0.29) is 12.0 Å². The van der Waals surface area contributed by atoms with Crippen molar-refractivity contribution in [2.45, 2.75) is 20.0 Å². The number of nitrogens with one attached hydrogen (secondary N) is 1. The predicted molar refractivity (Wildman–Crippen MR) is 114 cm³/mol. The summed E-state index contributed by atoms with van der Waals surface area (Å²) in [7, 11) is 1.88. The van der Waals surface area contributed by atoms with Gasteiger partial charge in [0.2, 0.25) is 0 Å². The van der Waals surface area contributed by atoms with E-state index in [9.17, 15) is 4.79 Å². The lowest BCUT2D eigenvalue weighted by Gasteiger charge is -2.12. The highest BCUT2D eigenvalue weighted by Gasteiger charge is 2.13. The lowest BCUT2D eigenvalue weighted by atomic mass is 10.1. The number of pyridine rings is 1. The Morgan fingerprint density at radius 2 is 1.86 bits per heavy atom. The molecule has 0 aliphatic heterocycles. The summed E-state index contributed by atoms with van der Waals surface area (Å²) in [4.78, 5) is 17.3. The maximum absolute atomic E-state index is 12.8. The van der Waals surface area contributed by atoms with Gasteiger partial charge in [-0.2, -0.15) is 5.10 Å². The Balaban J connectivity index is 1.64. The molecule has 29 heavy (non-hydrogen) atoms. The van der Waals surface area contributed by atoms with Crippen molar-refractivity contribution in [3.05, 3.63) is 72.6 Å². The number of amides is 1. The van der Waals surface area contributed by atoms with Crippen molar-refractivity contribution >= 4 is 22.5 Å². The smallest absolute Gasteiger partial charge is 0.255 e. The van der Waals surface area contributed by atoms with Crippen LogP contribution in [0.5, 0.6) is 5.75 Å². The van der Waals surface area contributed by atoms with Crippen molar-refractivity contribution < 1.29 is 9.53 Å². The molecule has 4 aromatic rings. The minimum Gasteiger partial charge on any atom is -0.491 e. The molecule has 0 aliphatic rings. The lowest BCUT2D eigenvalue weighted by molar-refractivity contribution is 0.102. The van der Waals surface area contributed by atoms with Crippen LogP contribution in [-0.2, 0) is 7.05 Å². The average molecular weight is 386 g/mol. The van der Waals surface area contributed by atoms with Gasteiger partial charge in [-0.3, -0.25) is 14.5 Å². The van der Waals surface area contributed by atoms with Gasteiger partial charge in [0, 0.05) is 36.0 Å². The van der Waals surface area contributed by atoms with Gasteiger partial charge < -0.3 is 10.1 Å². The molecule has 2 heterocycles. The Kier molecular flexibility index (Phi) is 4.99. The first-order valence-corrected chi connectivity index (χ1v) is 9.47. The minimum absolute atomic E-state index is 0.0877. The Labute approximate surface area is 169 Å². The van der Waals surface area contributed by atoms with Crippen molar-refractivity contribution in [1.29, 1.82) is 0 Å². The molecule has 2 aromatic heterocycles. The Bertz CT molecular complexity index is 1160. The minimum atomic E-state index is -0.196. The van der Waals surface area contributed by atoms with E-state index in [0.717, 1.165) is 27.9 Å². The lowest BCUT2D eigenvalue weighted by Crippen LogP contribution is -2.12. The summed E-state index contributed by atoms with van der Waals surface area (Å²) in [5, 5.41) is 8.40. The number of hydrogen-bond acceptors (Lipinski definition) is 4. The van der Waals surface area contributed by atoms with Crippen LogP contribution >= 0.6 is 0 Å². The van der Waals surface area contributed by atoms with Gasteiger partial charge in [0.15, 0.2) is 0 Å². The Morgan fingerprint density at radius 3 is 2.55 bits per heavy atom. The molecule has 0 radical (unpaired) electrons. The third kappa shape index (κ3) is 3.96. The van der Waals surface area contributed by atoms with Crippen molar-refractivity contribution in [2.75, 3.05) is 5.32 Å². The maximum atomic E-state index is 12.8. The molecule has 1 amide bonds. The molecule has 0 atom stereocenters. The van der Waals surface area contributed by atoms with Crippen LogP contribution < -0.4 is 10.1 Å². The third-order valence-electron chi connectivity index (χ3n) is 4.50. The number of rotatable bonds is 5. The van der Waals surface area contributed by atoms with Crippen LogP contribution in [0.1, 0.15) is 24.2 Å². The van der Waals surface area contributed by atoms with E-state index in [1.165, 1.54) is 0 Å². The van der Waals surface area contributed by atoms with Crippen LogP contribution in [0, 0.1) is 0 Å². The van der Waals surface area contributed by atoms with Crippen LogP contribution in [0.15, 0.2) is 67.0 Å². The van der Waals surface area contributed by atoms with Crippen molar-refractivity contribution in [1.82, 2.24) is 14.8 Å². The fourth-order valence-electron chi connectivity index (χ4n) is 3.21. The van der Waals surface area contributed by atoms with E-state index in [1.54, 1.807) is 35.1 Å². The number of nitrogens with zero attached hydrogens (tertiary/aromatic N) is 3. The number of aromatic nitrogens is 3. The second kappa shape index (κ2) is 7.75. The molecule has 0 aliphatic carbocycles. The van der Waals surface area contributed by atoms with Crippen molar-refractivity contribution in [3.63, 3.8) is 0 Å². The monoisotopic (exact) mass is 386 g/mol. The van der Waals surface area contributed by atoms with Gasteiger partial charge >= 0.3 is 0 Å². The van der Waals surface area contributed by atoms with Crippen LogP contribution in [0.4, 0.5) is 5.69 Å². The zero-order valence-electron chi connectivity index (χ0n) is 16.6. The molecular formula is C23H22N4O2. The normalized spacial score (nSPS) is 11.0. The van der Waals surface area contributed by atoms with E-state index >= 15 is 0 Å². The van der Waals surface area contributed by atoms with E-state index in [2.05, 4.69) is 15.4 Å². The molecule has 146 valence electrons. The first-order valence-electron chi connectivity index (χ1n) is 9.47. The van der Waals surface area contributed by atoms with Gasteiger partial charge in [0.05, 0.1) is 23.0 Å². The van der Waals surface area contributed by atoms with Crippen LogP contribution in [-0.4, -0.2) is 26.8 Å². The summed E-state index contributed by atoms with van der Waals surface area (Å²) in [6, 6.07) is 16.8. The summed E-state index contributed by atoms with van der Waals surface area (Å²) in [5.74, 6) is 0.544. The number of carbonyl (C=O) groups is 1. The average Bonchev–Trinajstić information content (AvgIpc) is 3.14. The quantitative estimate of drug-likeness (QED) is 0.541. The maximum Gasteiger partial charge on any atom is 0.255 e. The van der Waals surface area contributed by atoms with Gasteiger partial charge in [-0.15, -0.1) is 0 Å². The number of anilines is 1. The standard InChI is InChI=1S/C23H22N4O2/c1-15(2)29-17-9-7-16(8-10-17)23(28)25-21-6-4-5-19-18(11-13-24-22(19)21)20-12-14-27(3)26-20/h4-15H,1-3H3,(H,25,28). The first-order chi connectivity index (χ1) is 14.0. The van der Waals surface area contributed by atoms with Gasteiger partial charge in [0.25, 0.3) is 5.91 Å². The molecule has 0 bridgehead atoms. The Morgan fingerprint density at radius 1 is 1.07 bits per heavy atom. The molecule has 0 unspecified atom stereocenters. The number of ether oxygens (including phenoxy) is 1. The molecule has 4 rings (SSSR count). The summed E-state index contributed by atoms with van der Waals surface area (Å²) in [6.45, 7) is 3.93. The summed E-state index contributed by atoms with van der Waals surface area (Å²) < 4.78 is 7.40. The van der Waals surface area contributed by atoms with E-state index in [4.69, 9.17) is 4.74 Å². The topological polar surface area (TPSA) is 69.0 Å². The number of benzene rings is 2. The molecule has 6 nitrogen and oxygen atoms in total. The first kappa shape index (κ1) is 18.7. The fourth-order valence-corrected chi connectivity index (χ4v) is 3.21. The second-order valence-corrected chi connectivity index (χ2v) is 7.08. The van der Waals surface area contributed by atoms with Gasteiger partial charge in [-0.05, 0) is 56.3 Å². The zero-order chi connectivity index (χ0) is 20.4. The SMILES string of the molecule is CC(C)Oc1ccc(C(=O)Nc2cccc3c(-c4ccn(C)n4)ccnc23)cc1. The molecule has 0 saturated heterocycles. The van der Waals surface area contributed by atoms with Gasteiger partial charge in [-0.1, -0.05) is 12.1 Å². The number of para-hydroxylation sites is 1. The number of aryl methyl sites for hydroxylation is 1. The molecule has 6 heteroatoms. The zero-order valence-corrected chi connectivity index (χ0v) is 16.6. The molecular weight excluding hydrogens is 364 g/mol. The predicted octanol–water partition coefficient (Wildman–Crippen LogP) is 4.67. The van der Waals surface area contributed by atoms with Crippen LogP contribution in [0.3, 0.4) is 0 Å². The van der Waals surface area contributed by atoms with E-state index in [0.29, 0.717) is 11.3 Å². The summed E-state index contributed by atoms with van der Waals surface area (Å²) in [5.41, 5.74) is 3.78. The largest absolute Gasteiger partial charge is 0.491 e. The van der Waals surface area contributed by atoms with Gasteiger partial charge in [0.1, 0.15) is 5.75 Å². The molecule has 0 saturated carbocycles. The number of hydrogen-bond donors (Lipinski definition) is 1. The highest BCUT2D eigenvalue weighted by Crippen LogP contribution is 2.30. The van der Waals surface area contributed by atoms with Crippen LogP contribution in [0.25, 0.3) is 22.2 Å². The van der Waals surface area contributed by atoms with Crippen LogP contribution in [0.2, 0.25) is 0 Å².